The van der Waals surface area contributed by atoms with E-state index in [4.69, 9.17) is 10.5 Å². The molecule has 0 saturated heterocycles. The number of rotatable bonds is 3. The maximum Gasteiger partial charge on any atom is 0.321 e. The Morgan fingerprint density at radius 2 is 1.79 bits per heavy atom. The Morgan fingerprint density at radius 1 is 1.05 bits per heavy atom. The number of aromatic nitrogens is 2. The van der Waals surface area contributed by atoms with Crippen LogP contribution >= 0.6 is 0 Å². The van der Waals surface area contributed by atoms with Crippen LogP contribution in [-0.2, 0) is 19.4 Å². The summed E-state index contributed by atoms with van der Waals surface area (Å²) in [5.74, 6) is 0.807. The molecule has 0 aliphatic heterocycles. The van der Waals surface area contributed by atoms with Gasteiger partial charge in [-0.05, 0) is 48.9 Å². The third-order valence-corrected chi connectivity index (χ3v) is 3.45. The second-order valence-corrected chi connectivity index (χ2v) is 4.82. The number of fused-ring (bicyclic) bond motifs is 1. The highest BCUT2D eigenvalue weighted by molar-refractivity contribution is 5.38. The molecule has 0 saturated carbocycles. The molecule has 3 rings (SSSR count). The Balaban J connectivity index is 1.78. The van der Waals surface area contributed by atoms with Crippen LogP contribution in [0.15, 0.2) is 30.6 Å². The van der Waals surface area contributed by atoms with Gasteiger partial charge in [-0.25, -0.2) is 9.97 Å². The van der Waals surface area contributed by atoms with Gasteiger partial charge in [-0.15, -0.1) is 0 Å². The summed E-state index contributed by atoms with van der Waals surface area (Å²) in [7, 11) is 0. The molecule has 1 aliphatic rings. The number of nitrogens with zero attached hydrogens (tertiary/aromatic N) is 2. The molecule has 1 heterocycles. The molecule has 0 spiro atoms. The van der Waals surface area contributed by atoms with Crippen LogP contribution in [0.2, 0.25) is 0 Å². The lowest BCUT2D eigenvalue weighted by molar-refractivity contribution is 0.439. The number of ether oxygens (including phenoxy) is 1. The highest BCUT2D eigenvalue weighted by Crippen LogP contribution is 2.27. The summed E-state index contributed by atoms with van der Waals surface area (Å²) in [6.07, 6.45) is 8.26. The van der Waals surface area contributed by atoms with Crippen molar-refractivity contribution in [3.05, 3.63) is 47.3 Å². The van der Waals surface area contributed by atoms with Gasteiger partial charge in [-0.2, -0.15) is 0 Å². The van der Waals surface area contributed by atoms with Crippen molar-refractivity contribution >= 4 is 0 Å². The maximum absolute atomic E-state index is 5.68. The quantitative estimate of drug-likeness (QED) is 0.915. The largest absolute Gasteiger partial charge is 0.424 e. The van der Waals surface area contributed by atoms with Crippen LogP contribution in [0.25, 0.3) is 0 Å². The number of hydrogen-bond acceptors (Lipinski definition) is 4. The molecule has 4 heteroatoms. The van der Waals surface area contributed by atoms with Crippen molar-refractivity contribution in [2.75, 3.05) is 0 Å². The minimum absolute atomic E-state index is 0.368. The highest BCUT2D eigenvalue weighted by atomic mass is 16.5. The van der Waals surface area contributed by atoms with E-state index in [0.717, 1.165) is 17.7 Å². The van der Waals surface area contributed by atoms with Crippen LogP contribution in [0.3, 0.4) is 0 Å². The Hall–Kier alpha value is -1.94. The van der Waals surface area contributed by atoms with Crippen molar-refractivity contribution in [3.63, 3.8) is 0 Å². The van der Waals surface area contributed by atoms with Gasteiger partial charge in [0.15, 0.2) is 0 Å². The van der Waals surface area contributed by atoms with E-state index in [1.165, 1.54) is 30.4 Å². The van der Waals surface area contributed by atoms with Gasteiger partial charge in [-0.3, -0.25) is 0 Å². The zero-order valence-electron chi connectivity index (χ0n) is 10.8. The van der Waals surface area contributed by atoms with E-state index in [9.17, 15) is 0 Å². The summed E-state index contributed by atoms with van der Waals surface area (Å²) in [6.45, 7) is 0.444. The van der Waals surface area contributed by atoms with Crippen molar-refractivity contribution in [2.24, 2.45) is 5.73 Å². The van der Waals surface area contributed by atoms with Gasteiger partial charge in [0, 0.05) is 24.5 Å². The van der Waals surface area contributed by atoms with Crippen LogP contribution in [0.1, 0.15) is 29.5 Å². The first-order valence-corrected chi connectivity index (χ1v) is 6.66. The summed E-state index contributed by atoms with van der Waals surface area (Å²) in [6, 6.07) is 6.62. The van der Waals surface area contributed by atoms with Crippen molar-refractivity contribution in [3.8, 4) is 11.8 Å². The number of aryl methyl sites for hydroxylation is 2. The first kappa shape index (κ1) is 12.1. The number of hydrogen-bond donors (Lipinski definition) is 1. The summed E-state index contributed by atoms with van der Waals surface area (Å²) in [4.78, 5) is 8.29. The van der Waals surface area contributed by atoms with Crippen LogP contribution in [-0.4, -0.2) is 9.97 Å². The first-order chi connectivity index (χ1) is 9.35. The lowest BCUT2D eigenvalue weighted by atomic mass is 9.92. The van der Waals surface area contributed by atoms with E-state index in [-0.39, 0.29) is 0 Å². The molecule has 2 aromatic rings. The molecule has 1 aliphatic carbocycles. The van der Waals surface area contributed by atoms with E-state index < -0.39 is 0 Å². The molecule has 0 amide bonds. The average molecular weight is 255 g/mol. The van der Waals surface area contributed by atoms with Gasteiger partial charge in [0.05, 0.1) is 0 Å². The van der Waals surface area contributed by atoms with Gasteiger partial charge >= 0.3 is 6.01 Å². The van der Waals surface area contributed by atoms with Crippen LogP contribution in [0.4, 0.5) is 0 Å². The third-order valence-electron chi connectivity index (χ3n) is 3.45. The summed E-state index contributed by atoms with van der Waals surface area (Å²) >= 11 is 0. The molecule has 98 valence electrons. The fourth-order valence-electron chi connectivity index (χ4n) is 2.38. The zero-order valence-corrected chi connectivity index (χ0v) is 10.8. The average Bonchev–Trinajstić information content (AvgIpc) is 2.48. The topological polar surface area (TPSA) is 61.0 Å². The van der Waals surface area contributed by atoms with Crippen molar-refractivity contribution in [1.82, 2.24) is 9.97 Å². The Labute approximate surface area is 112 Å². The van der Waals surface area contributed by atoms with Gasteiger partial charge < -0.3 is 10.5 Å². The molecule has 2 N–H and O–H groups in total. The Morgan fingerprint density at radius 3 is 2.53 bits per heavy atom. The van der Waals surface area contributed by atoms with E-state index in [1.807, 2.05) is 6.07 Å². The van der Waals surface area contributed by atoms with Gasteiger partial charge in [-0.1, -0.05) is 6.07 Å². The molecule has 0 radical (unpaired) electrons. The molecule has 4 nitrogen and oxygen atoms in total. The normalized spacial score (nSPS) is 13.9. The van der Waals surface area contributed by atoms with Crippen LogP contribution in [0.5, 0.6) is 11.8 Å². The second kappa shape index (κ2) is 5.36. The maximum atomic E-state index is 5.68. The fourth-order valence-corrected chi connectivity index (χ4v) is 2.38. The molecular weight excluding hydrogens is 238 g/mol. The van der Waals surface area contributed by atoms with Gasteiger partial charge in [0.2, 0.25) is 0 Å². The summed E-state index contributed by atoms with van der Waals surface area (Å²) in [5, 5.41) is 0. The van der Waals surface area contributed by atoms with Gasteiger partial charge in [0.25, 0.3) is 0 Å². The predicted molar refractivity (Wildman–Crippen MR) is 73.1 cm³/mol. The molecule has 0 bridgehead atoms. The van der Waals surface area contributed by atoms with E-state index >= 15 is 0 Å². The third kappa shape index (κ3) is 2.74. The van der Waals surface area contributed by atoms with E-state index in [0.29, 0.717) is 12.6 Å². The summed E-state index contributed by atoms with van der Waals surface area (Å²) in [5.41, 5.74) is 9.24. The minimum atomic E-state index is 0.368. The smallest absolute Gasteiger partial charge is 0.321 e. The zero-order chi connectivity index (χ0) is 13.1. The molecule has 0 fully saturated rings. The Kier molecular flexibility index (Phi) is 3.42. The molecule has 0 atom stereocenters. The highest BCUT2D eigenvalue weighted by Gasteiger charge is 2.10. The number of benzene rings is 1. The lowest BCUT2D eigenvalue weighted by Crippen LogP contribution is -2.03. The number of nitrogens with two attached hydrogens (primary N) is 1. The van der Waals surface area contributed by atoms with Crippen molar-refractivity contribution in [1.29, 1.82) is 0 Å². The lowest BCUT2D eigenvalue weighted by Gasteiger charge is -2.16. The predicted octanol–water partition coefficient (Wildman–Crippen LogP) is 2.61. The van der Waals surface area contributed by atoms with Crippen molar-refractivity contribution < 1.29 is 4.74 Å². The standard InChI is InChI=1S/C15H17N3O/c16-8-11-9-17-15(18-10-11)19-14-6-5-12-3-1-2-4-13(12)7-14/h5-7,9-10H,1-4,8,16H2. The van der Waals surface area contributed by atoms with Crippen LogP contribution < -0.4 is 10.5 Å². The SMILES string of the molecule is NCc1cnc(Oc2ccc3c(c2)CCCC3)nc1. The second-order valence-electron chi connectivity index (χ2n) is 4.82. The fraction of sp³-hybridized carbons (Fsp3) is 0.333. The first-order valence-electron chi connectivity index (χ1n) is 6.66. The molecule has 1 aromatic heterocycles. The Bertz CT molecular complexity index is 566. The molecule has 1 aromatic carbocycles. The van der Waals surface area contributed by atoms with E-state index in [2.05, 4.69) is 22.1 Å². The minimum Gasteiger partial charge on any atom is -0.424 e. The molecule has 19 heavy (non-hydrogen) atoms. The summed E-state index contributed by atoms with van der Waals surface area (Å²) < 4.78 is 5.68. The molecular formula is C15H17N3O. The van der Waals surface area contributed by atoms with Crippen molar-refractivity contribution in [2.45, 2.75) is 32.2 Å². The monoisotopic (exact) mass is 255 g/mol. The van der Waals surface area contributed by atoms with Crippen LogP contribution in [0, 0.1) is 0 Å². The van der Waals surface area contributed by atoms with Gasteiger partial charge in [0.1, 0.15) is 5.75 Å². The molecule has 0 unspecified atom stereocenters. The van der Waals surface area contributed by atoms with E-state index in [1.54, 1.807) is 12.4 Å².